The first-order valence-electron chi connectivity index (χ1n) is 10.3. The number of thioether (sulfide) groups is 1. The number of carbonyl (C=O) groups is 1. The predicted molar refractivity (Wildman–Crippen MR) is 127 cm³/mol. The minimum absolute atomic E-state index is 0.000220. The van der Waals surface area contributed by atoms with Crippen molar-refractivity contribution in [3.63, 3.8) is 0 Å². The van der Waals surface area contributed by atoms with E-state index in [0.717, 1.165) is 11.8 Å². The van der Waals surface area contributed by atoms with E-state index in [-0.39, 0.29) is 17.2 Å². The third kappa shape index (κ3) is 6.10. The van der Waals surface area contributed by atoms with Crippen molar-refractivity contribution in [3.05, 3.63) is 47.8 Å². The molecule has 0 saturated carbocycles. The standard InChI is InChI=1S/C21H24FN9O2S/c1-12(27-21(32)33)17(4-7-34-3)29-20-16(22)8-14(10-23)19(30-20)28-15-9-18(13(2)24-11-15)31-25-5-6-26-31/h5-6,8-9,11-12,17,27H,4,7H2,1-3H3,(H,32,33)(H2,28,29,30)/t12-,17+/m0/s1. The normalized spacial score (nSPS) is 12.4. The second-order valence-corrected chi connectivity index (χ2v) is 8.35. The Labute approximate surface area is 199 Å². The molecule has 0 aliphatic carbocycles. The van der Waals surface area contributed by atoms with E-state index in [4.69, 9.17) is 5.11 Å². The van der Waals surface area contributed by atoms with Gasteiger partial charge in [-0.3, -0.25) is 4.98 Å². The SMILES string of the molecule is CSCC[C@@H](Nc1nc(Nc2cnc(C)c(-n3nccn3)c2)c(C#N)cc1F)[C@H](C)NC(=O)O. The summed E-state index contributed by atoms with van der Waals surface area (Å²) in [5.74, 6) is 0.0350. The molecule has 34 heavy (non-hydrogen) atoms. The van der Waals surface area contributed by atoms with Crippen LogP contribution < -0.4 is 16.0 Å². The Balaban J connectivity index is 1.91. The molecule has 0 saturated heterocycles. The van der Waals surface area contributed by atoms with Gasteiger partial charge in [0.15, 0.2) is 17.5 Å². The van der Waals surface area contributed by atoms with Crippen molar-refractivity contribution in [3.8, 4) is 11.8 Å². The maximum absolute atomic E-state index is 14.8. The molecule has 3 aromatic rings. The number of hydrogen-bond donors (Lipinski definition) is 4. The topological polar surface area (TPSA) is 154 Å². The van der Waals surface area contributed by atoms with E-state index in [1.54, 1.807) is 43.3 Å². The molecular formula is C21H24FN9O2S. The maximum atomic E-state index is 14.8. The number of amides is 1. The van der Waals surface area contributed by atoms with Crippen LogP contribution in [0.15, 0.2) is 30.7 Å². The van der Waals surface area contributed by atoms with Crippen LogP contribution in [0.5, 0.6) is 0 Å². The molecule has 0 aromatic carbocycles. The average molecular weight is 486 g/mol. The fraction of sp³-hybridized carbons (Fsp3) is 0.333. The van der Waals surface area contributed by atoms with Crippen molar-refractivity contribution in [1.29, 1.82) is 5.26 Å². The molecular weight excluding hydrogens is 461 g/mol. The van der Waals surface area contributed by atoms with Gasteiger partial charge in [0.1, 0.15) is 11.8 Å². The van der Waals surface area contributed by atoms with E-state index >= 15 is 0 Å². The lowest BCUT2D eigenvalue weighted by atomic mass is 10.1. The zero-order chi connectivity index (χ0) is 24.7. The lowest BCUT2D eigenvalue weighted by molar-refractivity contribution is 0.189. The first kappa shape index (κ1) is 24.7. The third-order valence-corrected chi connectivity index (χ3v) is 5.61. The van der Waals surface area contributed by atoms with Gasteiger partial charge in [-0.05, 0) is 44.4 Å². The number of anilines is 3. The summed E-state index contributed by atoms with van der Waals surface area (Å²) in [5, 5.41) is 35.2. The monoisotopic (exact) mass is 485 g/mol. The minimum atomic E-state index is -1.17. The fourth-order valence-corrected chi connectivity index (χ4v) is 3.69. The Morgan fingerprint density at radius 3 is 2.71 bits per heavy atom. The van der Waals surface area contributed by atoms with Crippen molar-refractivity contribution >= 4 is 35.2 Å². The highest BCUT2D eigenvalue weighted by atomic mass is 32.2. The second-order valence-electron chi connectivity index (χ2n) is 7.37. The van der Waals surface area contributed by atoms with Crippen LogP contribution in [0.2, 0.25) is 0 Å². The van der Waals surface area contributed by atoms with Crippen molar-refractivity contribution in [2.45, 2.75) is 32.4 Å². The van der Waals surface area contributed by atoms with E-state index in [9.17, 15) is 14.4 Å². The van der Waals surface area contributed by atoms with Crippen molar-refractivity contribution in [1.82, 2.24) is 30.3 Å². The Bertz CT molecular complexity index is 1180. The van der Waals surface area contributed by atoms with Gasteiger partial charge in [0.25, 0.3) is 0 Å². The molecule has 4 N–H and O–H groups in total. The van der Waals surface area contributed by atoms with Crippen LogP contribution in [0.25, 0.3) is 5.69 Å². The van der Waals surface area contributed by atoms with Crippen LogP contribution in [0.4, 0.5) is 26.5 Å². The number of nitrogens with zero attached hydrogens (tertiary/aromatic N) is 6. The van der Waals surface area contributed by atoms with E-state index in [2.05, 4.69) is 36.1 Å². The molecule has 0 bridgehead atoms. The summed E-state index contributed by atoms with van der Waals surface area (Å²) < 4.78 is 14.8. The van der Waals surface area contributed by atoms with E-state index in [1.807, 2.05) is 19.2 Å². The van der Waals surface area contributed by atoms with Crippen LogP contribution in [-0.2, 0) is 0 Å². The number of pyridine rings is 2. The molecule has 2 atom stereocenters. The van der Waals surface area contributed by atoms with E-state index < -0.39 is 24.0 Å². The molecule has 0 aliphatic rings. The van der Waals surface area contributed by atoms with Crippen LogP contribution >= 0.6 is 11.8 Å². The summed E-state index contributed by atoms with van der Waals surface area (Å²) in [4.78, 5) is 21.1. The van der Waals surface area contributed by atoms with Crippen LogP contribution in [-0.4, -0.2) is 60.3 Å². The van der Waals surface area contributed by atoms with E-state index in [1.165, 1.54) is 4.80 Å². The number of hydrogen-bond acceptors (Lipinski definition) is 9. The zero-order valence-corrected chi connectivity index (χ0v) is 19.6. The Morgan fingerprint density at radius 1 is 1.32 bits per heavy atom. The predicted octanol–water partition coefficient (Wildman–Crippen LogP) is 3.31. The maximum Gasteiger partial charge on any atom is 0.404 e. The number of aromatic nitrogens is 5. The first-order chi connectivity index (χ1) is 16.3. The number of rotatable bonds is 10. The van der Waals surface area contributed by atoms with Crippen LogP contribution in [0, 0.1) is 24.1 Å². The van der Waals surface area contributed by atoms with Gasteiger partial charge in [0.2, 0.25) is 0 Å². The van der Waals surface area contributed by atoms with Crippen molar-refractivity contribution in [2.24, 2.45) is 0 Å². The molecule has 0 radical (unpaired) electrons. The van der Waals surface area contributed by atoms with Crippen LogP contribution in [0.3, 0.4) is 0 Å². The van der Waals surface area contributed by atoms with Gasteiger partial charge in [-0.15, -0.1) is 4.80 Å². The number of halogens is 1. The molecule has 11 nitrogen and oxygen atoms in total. The van der Waals surface area contributed by atoms with Gasteiger partial charge in [-0.25, -0.2) is 14.2 Å². The quantitative estimate of drug-likeness (QED) is 0.336. The lowest BCUT2D eigenvalue weighted by Crippen LogP contribution is -2.45. The van der Waals surface area contributed by atoms with Gasteiger partial charge in [-0.2, -0.15) is 27.2 Å². The van der Waals surface area contributed by atoms with Gasteiger partial charge >= 0.3 is 6.09 Å². The zero-order valence-electron chi connectivity index (χ0n) is 18.8. The minimum Gasteiger partial charge on any atom is -0.465 e. The molecule has 0 unspecified atom stereocenters. The molecule has 178 valence electrons. The molecule has 0 spiro atoms. The number of aryl methyl sites for hydroxylation is 1. The summed E-state index contributed by atoms with van der Waals surface area (Å²) in [6.45, 7) is 3.50. The molecule has 13 heteroatoms. The molecule has 3 heterocycles. The van der Waals surface area contributed by atoms with Gasteiger partial charge in [0, 0.05) is 12.1 Å². The van der Waals surface area contributed by atoms with Crippen molar-refractivity contribution < 1.29 is 14.3 Å². The average Bonchev–Trinajstić information content (AvgIpc) is 3.33. The van der Waals surface area contributed by atoms with Crippen molar-refractivity contribution in [2.75, 3.05) is 22.6 Å². The number of nitrogens with one attached hydrogen (secondary N) is 3. The molecule has 3 rings (SSSR count). The summed E-state index contributed by atoms with van der Waals surface area (Å²) >= 11 is 1.59. The first-order valence-corrected chi connectivity index (χ1v) is 11.7. The summed E-state index contributed by atoms with van der Waals surface area (Å²) in [7, 11) is 0. The van der Waals surface area contributed by atoms with Crippen LogP contribution in [0.1, 0.15) is 24.6 Å². The summed E-state index contributed by atoms with van der Waals surface area (Å²) in [6.07, 6.45) is 5.96. The van der Waals surface area contributed by atoms with Gasteiger partial charge in [-0.1, -0.05) is 0 Å². The molecule has 1 amide bonds. The highest BCUT2D eigenvalue weighted by molar-refractivity contribution is 7.98. The Morgan fingerprint density at radius 2 is 2.06 bits per heavy atom. The fourth-order valence-electron chi connectivity index (χ4n) is 3.20. The Kier molecular flexibility index (Phi) is 8.20. The summed E-state index contributed by atoms with van der Waals surface area (Å²) in [6, 6.07) is 3.82. The van der Waals surface area contributed by atoms with Gasteiger partial charge in [0.05, 0.1) is 35.5 Å². The Hall–Kier alpha value is -3.92. The lowest BCUT2D eigenvalue weighted by Gasteiger charge is -2.26. The molecule has 0 fully saturated rings. The smallest absolute Gasteiger partial charge is 0.404 e. The highest BCUT2D eigenvalue weighted by Gasteiger charge is 2.22. The second kappa shape index (κ2) is 11.3. The summed E-state index contributed by atoms with van der Waals surface area (Å²) in [5.41, 5.74) is 1.81. The number of nitriles is 1. The van der Waals surface area contributed by atoms with E-state index in [0.29, 0.717) is 23.5 Å². The van der Waals surface area contributed by atoms with Gasteiger partial charge < -0.3 is 21.1 Å². The molecule has 3 aromatic heterocycles. The number of carboxylic acid groups (broad SMARTS) is 1. The highest BCUT2D eigenvalue weighted by Crippen LogP contribution is 2.26. The third-order valence-electron chi connectivity index (χ3n) is 4.96. The molecule has 0 aliphatic heterocycles. The largest absolute Gasteiger partial charge is 0.465 e.